The molecule has 0 aromatic heterocycles. The van der Waals surface area contributed by atoms with Crippen molar-refractivity contribution in [1.29, 1.82) is 0 Å². The van der Waals surface area contributed by atoms with E-state index >= 15 is 0 Å². The third-order valence-electron chi connectivity index (χ3n) is 10.2. The first-order valence-electron chi connectivity index (χ1n) is 17.7. The first-order valence-corrected chi connectivity index (χ1v) is 18.5. The Bertz CT molecular complexity index is 1820. The number of ether oxygens (including phenoxy) is 1. The van der Waals surface area contributed by atoms with Gasteiger partial charge in [-0.15, -0.1) is 0 Å². The lowest BCUT2D eigenvalue weighted by Gasteiger charge is -2.38. The molecule has 16 heteroatoms. The number of amidine groups is 1. The molecule has 2 saturated heterocycles. The summed E-state index contributed by atoms with van der Waals surface area (Å²) < 4.78 is 86.5. The van der Waals surface area contributed by atoms with E-state index in [2.05, 4.69) is 5.32 Å². The molecule has 0 spiro atoms. The topological polar surface area (TPSA) is 77.5 Å². The lowest BCUT2D eigenvalue weighted by molar-refractivity contribution is -0.186. The highest BCUT2D eigenvalue weighted by Gasteiger charge is 2.46. The van der Waals surface area contributed by atoms with Crippen molar-refractivity contribution in [2.75, 3.05) is 39.3 Å². The molecule has 1 N–H and O–H groups in total. The van der Waals surface area contributed by atoms with Crippen molar-refractivity contribution in [3.05, 3.63) is 99.0 Å². The number of alkyl halides is 6. The van der Waals surface area contributed by atoms with Gasteiger partial charge in [0.25, 0.3) is 0 Å². The van der Waals surface area contributed by atoms with Gasteiger partial charge in [-0.2, -0.15) is 26.3 Å². The fourth-order valence-corrected chi connectivity index (χ4v) is 7.49. The van der Waals surface area contributed by atoms with Crippen LogP contribution in [0.4, 0.5) is 31.1 Å². The summed E-state index contributed by atoms with van der Waals surface area (Å²) >= 11 is 12.5. The Hall–Kier alpha value is -4.01. The third-order valence-corrected chi connectivity index (χ3v) is 10.7. The molecule has 0 radical (unpaired) electrons. The van der Waals surface area contributed by atoms with Crippen LogP contribution in [0.3, 0.4) is 0 Å². The molecule has 3 heterocycles. The van der Waals surface area contributed by atoms with E-state index in [9.17, 15) is 35.9 Å². The van der Waals surface area contributed by atoms with Gasteiger partial charge in [0.15, 0.2) is 0 Å². The van der Waals surface area contributed by atoms with Crippen LogP contribution in [0.5, 0.6) is 5.75 Å². The molecule has 6 rings (SSSR count). The van der Waals surface area contributed by atoms with Gasteiger partial charge in [0.05, 0.1) is 36.2 Å². The Kier molecular flexibility index (Phi) is 12.0. The summed E-state index contributed by atoms with van der Waals surface area (Å²) in [5.74, 6) is -1.61. The Morgan fingerprint density at radius 2 is 1.39 bits per heavy atom. The third kappa shape index (κ3) is 8.92. The van der Waals surface area contributed by atoms with Crippen LogP contribution >= 0.6 is 23.2 Å². The van der Waals surface area contributed by atoms with Gasteiger partial charge in [0.2, 0.25) is 5.91 Å². The van der Waals surface area contributed by atoms with Gasteiger partial charge in [-0.25, -0.2) is 4.79 Å². The van der Waals surface area contributed by atoms with Crippen molar-refractivity contribution < 1.29 is 40.7 Å². The van der Waals surface area contributed by atoms with Gasteiger partial charge in [-0.1, -0.05) is 47.5 Å². The predicted molar refractivity (Wildman–Crippen MR) is 193 cm³/mol. The van der Waals surface area contributed by atoms with E-state index < -0.39 is 41.9 Å². The number of benzene rings is 3. The second-order valence-corrected chi connectivity index (χ2v) is 14.5. The van der Waals surface area contributed by atoms with Crippen LogP contribution in [0, 0.1) is 5.92 Å². The monoisotopic (exact) mass is 797 g/mol. The number of likely N-dealkylation sites (tertiary alicyclic amines) is 2. The van der Waals surface area contributed by atoms with Crippen LogP contribution in [-0.2, 0) is 11.0 Å². The SMILES string of the molecule is CCOc1cc(C(F)(F)F)ccc1C1=NC(c2ccc(Cl)cc2)C(c2ccc(Cl)cc2)N1C(=O)N1CCC(NCC(=O)N2CCC(C(F)(F)F)CC2)CC1. The average Bonchev–Trinajstić information content (AvgIpc) is 3.54. The summed E-state index contributed by atoms with van der Waals surface area (Å²) in [7, 11) is 0. The molecular weight excluding hydrogens is 759 g/mol. The first kappa shape index (κ1) is 39.7. The number of urea groups is 1. The van der Waals surface area contributed by atoms with Crippen LogP contribution in [-0.4, -0.2) is 84.0 Å². The minimum atomic E-state index is -4.64. The van der Waals surface area contributed by atoms with Crippen LogP contribution < -0.4 is 10.1 Å². The molecule has 2 fully saturated rings. The summed E-state index contributed by atoms with van der Waals surface area (Å²) in [5, 5.41) is 4.17. The molecule has 3 aliphatic heterocycles. The number of piperidine rings is 2. The highest BCUT2D eigenvalue weighted by molar-refractivity contribution is 6.30. The second kappa shape index (κ2) is 16.4. The number of carbonyl (C=O) groups excluding carboxylic acids is 2. The van der Waals surface area contributed by atoms with E-state index in [1.54, 1.807) is 60.4 Å². The number of rotatable bonds is 8. The largest absolute Gasteiger partial charge is 0.493 e. The molecule has 0 saturated carbocycles. The molecule has 0 aliphatic carbocycles. The maximum atomic E-state index is 14.8. The van der Waals surface area contributed by atoms with Gasteiger partial charge in [-0.05, 0) is 86.2 Å². The summed E-state index contributed by atoms with van der Waals surface area (Å²) in [4.78, 5) is 37.3. The van der Waals surface area contributed by atoms with Crippen molar-refractivity contribution in [3.63, 3.8) is 0 Å². The van der Waals surface area contributed by atoms with Crippen LogP contribution in [0.2, 0.25) is 10.0 Å². The summed E-state index contributed by atoms with van der Waals surface area (Å²) in [6.07, 6.45) is -8.19. The van der Waals surface area contributed by atoms with Crippen molar-refractivity contribution >= 4 is 41.0 Å². The Morgan fingerprint density at radius 3 is 1.94 bits per heavy atom. The molecule has 3 aromatic carbocycles. The van der Waals surface area contributed by atoms with Gasteiger partial charge in [-0.3, -0.25) is 14.7 Å². The number of amides is 3. The molecule has 3 amide bonds. The number of hydrogen-bond donors (Lipinski definition) is 1. The predicted octanol–water partition coefficient (Wildman–Crippen LogP) is 8.93. The minimum absolute atomic E-state index is 0.0340. The molecule has 3 aromatic rings. The van der Waals surface area contributed by atoms with Crippen molar-refractivity contribution in [2.24, 2.45) is 10.9 Å². The lowest BCUT2D eigenvalue weighted by Crippen LogP contribution is -2.52. The van der Waals surface area contributed by atoms with E-state index in [1.807, 2.05) is 0 Å². The molecule has 0 bridgehead atoms. The van der Waals surface area contributed by atoms with Gasteiger partial charge in [0, 0.05) is 42.3 Å². The summed E-state index contributed by atoms with van der Waals surface area (Å²) in [6, 6.07) is 15.1. The van der Waals surface area contributed by atoms with Crippen LogP contribution in [0.15, 0.2) is 71.7 Å². The zero-order chi connectivity index (χ0) is 38.8. The van der Waals surface area contributed by atoms with Crippen molar-refractivity contribution in [3.8, 4) is 5.75 Å². The molecule has 8 nitrogen and oxygen atoms in total. The number of nitrogens with zero attached hydrogens (tertiary/aromatic N) is 4. The maximum absolute atomic E-state index is 14.8. The highest BCUT2D eigenvalue weighted by atomic mass is 35.5. The Labute approximate surface area is 319 Å². The van der Waals surface area contributed by atoms with Gasteiger partial charge < -0.3 is 19.9 Å². The molecule has 290 valence electrons. The molecule has 2 atom stereocenters. The molecule has 54 heavy (non-hydrogen) atoms. The lowest BCUT2D eigenvalue weighted by atomic mass is 9.93. The fourth-order valence-electron chi connectivity index (χ4n) is 7.24. The van der Waals surface area contributed by atoms with Crippen molar-refractivity contribution in [2.45, 2.75) is 63.1 Å². The van der Waals surface area contributed by atoms with Gasteiger partial charge >= 0.3 is 18.4 Å². The zero-order valence-electron chi connectivity index (χ0n) is 29.3. The number of halogens is 8. The zero-order valence-corrected chi connectivity index (χ0v) is 30.8. The standard InChI is InChI=1S/C38H39Cl2F6N5O3/c1-2-54-31-21-26(38(44,45)46)7-12-30(31)35-48-33(23-3-8-27(39)9-4-23)34(24-5-10-28(40)11-6-24)51(35)36(53)50-19-15-29(16-20-50)47-22-32(52)49-17-13-25(14-18-49)37(41,42)43/h3-12,21,25,29,33-34,47H,2,13-20,22H2,1H3. The minimum Gasteiger partial charge on any atom is -0.493 e. The van der Waals surface area contributed by atoms with Crippen molar-refractivity contribution in [1.82, 2.24) is 20.0 Å². The van der Waals surface area contributed by atoms with Crippen LogP contribution in [0.25, 0.3) is 0 Å². The highest BCUT2D eigenvalue weighted by Crippen LogP contribution is 2.46. The molecular formula is C38H39Cl2F6N5O3. The first-order chi connectivity index (χ1) is 25.6. The summed E-state index contributed by atoms with van der Waals surface area (Å²) in [5.41, 5.74) is 0.703. The van der Waals surface area contributed by atoms with E-state index in [1.165, 1.54) is 15.9 Å². The molecule has 3 aliphatic rings. The van der Waals surface area contributed by atoms with E-state index in [-0.39, 0.29) is 81.3 Å². The average molecular weight is 799 g/mol. The number of aliphatic imine (C=N–C) groups is 1. The number of hydrogen-bond acceptors (Lipinski definition) is 5. The van der Waals surface area contributed by atoms with E-state index in [0.717, 1.165) is 12.1 Å². The van der Waals surface area contributed by atoms with Gasteiger partial charge in [0.1, 0.15) is 17.6 Å². The smallest absolute Gasteiger partial charge is 0.416 e. The normalized spacial score (nSPS) is 20.3. The fraction of sp³-hybridized carbons (Fsp3) is 0.447. The number of carbonyl (C=O) groups is 2. The Balaban J connectivity index is 1.26. The van der Waals surface area contributed by atoms with Crippen LogP contribution in [0.1, 0.15) is 66.9 Å². The quantitative estimate of drug-likeness (QED) is 0.231. The molecule has 2 unspecified atom stereocenters. The second-order valence-electron chi connectivity index (χ2n) is 13.6. The van der Waals surface area contributed by atoms with E-state index in [0.29, 0.717) is 34.0 Å². The number of nitrogens with one attached hydrogen (secondary N) is 1. The Morgan fingerprint density at radius 1 is 0.815 bits per heavy atom. The maximum Gasteiger partial charge on any atom is 0.416 e. The summed E-state index contributed by atoms with van der Waals surface area (Å²) in [6.45, 7) is 2.35. The van der Waals surface area contributed by atoms with E-state index in [4.69, 9.17) is 32.9 Å².